The molecular weight excluding hydrogens is 427 g/mol. The molecule has 2 aromatic carbocycles. The number of nitrogens with zero attached hydrogens (tertiary/aromatic N) is 2. The van der Waals surface area contributed by atoms with Crippen molar-refractivity contribution in [1.29, 1.82) is 0 Å². The molecule has 0 fully saturated rings. The molecule has 158 valence electrons. The zero-order valence-electron chi connectivity index (χ0n) is 16.5. The van der Waals surface area contributed by atoms with Crippen LogP contribution in [0.15, 0.2) is 48.5 Å². The van der Waals surface area contributed by atoms with Crippen molar-refractivity contribution < 1.29 is 19.1 Å². The summed E-state index contributed by atoms with van der Waals surface area (Å²) in [6.07, 6.45) is 0.140. The number of hydrogen-bond acceptors (Lipinski definition) is 5. The van der Waals surface area contributed by atoms with Gasteiger partial charge in [0.25, 0.3) is 11.8 Å². The number of amides is 2. The minimum atomic E-state index is -1.06. The van der Waals surface area contributed by atoms with Crippen molar-refractivity contribution in [3.05, 3.63) is 65.2 Å². The van der Waals surface area contributed by atoms with Gasteiger partial charge in [-0.1, -0.05) is 24.3 Å². The second-order valence-corrected chi connectivity index (χ2v) is 7.56. The molecule has 6 nitrogen and oxygen atoms in total. The highest BCUT2D eigenvalue weighted by Gasteiger charge is 2.43. The van der Waals surface area contributed by atoms with Crippen molar-refractivity contribution >= 4 is 46.7 Å². The number of alkyl halides is 2. The highest BCUT2D eigenvalue weighted by Crippen LogP contribution is 2.27. The molecule has 8 heteroatoms. The van der Waals surface area contributed by atoms with Crippen molar-refractivity contribution in [3.63, 3.8) is 0 Å². The van der Waals surface area contributed by atoms with Crippen LogP contribution in [0.5, 0.6) is 0 Å². The van der Waals surface area contributed by atoms with E-state index in [1.165, 1.54) is 7.11 Å². The van der Waals surface area contributed by atoms with Crippen LogP contribution in [0.1, 0.15) is 26.3 Å². The summed E-state index contributed by atoms with van der Waals surface area (Å²) >= 11 is 11.8. The van der Waals surface area contributed by atoms with Gasteiger partial charge >= 0.3 is 5.97 Å². The van der Waals surface area contributed by atoms with Crippen LogP contribution in [0.3, 0.4) is 0 Å². The molecule has 1 unspecified atom stereocenters. The summed E-state index contributed by atoms with van der Waals surface area (Å²) in [6, 6.07) is 13.0. The number of hydrogen-bond donors (Lipinski definition) is 0. The Morgan fingerprint density at radius 1 is 1.00 bits per heavy atom. The van der Waals surface area contributed by atoms with Gasteiger partial charge in [0.2, 0.25) is 0 Å². The standard InChI is InChI=1S/C22H22Cl2N2O4/c1-30-22(29)19(26-20(27)17-7-2-3-8-18(17)21(26)28)14-15-5-4-6-16(13-15)25(11-9-23)12-10-24/h2-8,13,19H,9-12,14H2,1H3. The topological polar surface area (TPSA) is 66.9 Å². The summed E-state index contributed by atoms with van der Waals surface area (Å²) < 4.78 is 4.92. The van der Waals surface area contributed by atoms with Crippen molar-refractivity contribution in [3.8, 4) is 0 Å². The van der Waals surface area contributed by atoms with Gasteiger partial charge in [-0.2, -0.15) is 0 Å². The van der Waals surface area contributed by atoms with E-state index in [0.29, 0.717) is 36.0 Å². The van der Waals surface area contributed by atoms with E-state index in [2.05, 4.69) is 0 Å². The molecule has 0 bridgehead atoms. The molecule has 0 saturated heterocycles. The first kappa shape index (κ1) is 22.1. The summed E-state index contributed by atoms with van der Waals surface area (Å²) in [5.74, 6) is -0.739. The van der Waals surface area contributed by atoms with E-state index in [9.17, 15) is 14.4 Å². The first-order chi connectivity index (χ1) is 14.5. The minimum absolute atomic E-state index is 0.140. The molecule has 1 aliphatic heterocycles. The van der Waals surface area contributed by atoms with Gasteiger partial charge in [0.1, 0.15) is 6.04 Å². The molecular formula is C22H22Cl2N2O4. The number of methoxy groups -OCH3 is 1. The molecule has 0 radical (unpaired) electrons. The summed E-state index contributed by atoms with van der Waals surface area (Å²) in [7, 11) is 1.24. The highest BCUT2D eigenvalue weighted by molar-refractivity contribution is 6.22. The fraction of sp³-hybridized carbons (Fsp3) is 0.318. The summed E-state index contributed by atoms with van der Waals surface area (Å²) in [5, 5.41) is 0. The number of benzene rings is 2. The van der Waals surface area contributed by atoms with E-state index in [4.69, 9.17) is 27.9 Å². The Hall–Kier alpha value is -2.57. The summed E-state index contributed by atoms with van der Waals surface area (Å²) in [6.45, 7) is 1.24. The van der Waals surface area contributed by atoms with Crippen LogP contribution in [0, 0.1) is 0 Å². The molecule has 2 aromatic rings. The molecule has 1 heterocycles. The van der Waals surface area contributed by atoms with Gasteiger partial charge in [0, 0.05) is 37.0 Å². The second-order valence-electron chi connectivity index (χ2n) is 6.80. The molecule has 1 atom stereocenters. The van der Waals surface area contributed by atoms with Crippen LogP contribution in [-0.4, -0.2) is 60.7 Å². The van der Waals surface area contributed by atoms with E-state index in [1.807, 2.05) is 29.2 Å². The lowest BCUT2D eigenvalue weighted by molar-refractivity contribution is -0.145. The fourth-order valence-electron chi connectivity index (χ4n) is 3.58. The molecule has 30 heavy (non-hydrogen) atoms. The average molecular weight is 449 g/mol. The van der Waals surface area contributed by atoms with Gasteiger partial charge < -0.3 is 9.64 Å². The largest absolute Gasteiger partial charge is 0.467 e. The highest BCUT2D eigenvalue weighted by atomic mass is 35.5. The van der Waals surface area contributed by atoms with Crippen LogP contribution in [0.25, 0.3) is 0 Å². The molecule has 1 aliphatic rings. The van der Waals surface area contributed by atoms with Crippen LogP contribution in [-0.2, 0) is 16.0 Å². The van der Waals surface area contributed by atoms with Crippen molar-refractivity contribution in [2.45, 2.75) is 12.5 Å². The van der Waals surface area contributed by atoms with Crippen molar-refractivity contribution in [1.82, 2.24) is 4.90 Å². The lowest BCUT2D eigenvalue weighted by Gasteiger charge is -2.26. The maximum atomic E-state index is 12.9. The monoisotopic (exact) mass is 448 g/mol. The Morgan fingerprint density at radius 2 is 1.60 bits per heavy atom. The quantitative estimate of drug-likeness (QED) is 0.334. The number of esters is 1. The lowest BCUT2D eigenvalue weighted by atomic mass is 10.0. The van der Waals surface area contributed by atoms with E-state index in [0.717, 1.165) is 16.2 Å². The number of carbonyl (C=O) groups is 3. The zero-order chi connectivity index (χ0) is 21.7. The fourth-order valence-corrected chi connectivity index (χ4v) is 3.99. The number of rotatable bonds is 9. The molecule has 0 saturated carbocycles. The first-order valence-electron chi connectivity index (χ1n) is 9.52. The SMILES string of the molecule is COC(=O)C(Cc1cccc(N(CCCl)CCCl)c1)N1C(=O)c2ccccc2C1=O. The van der Waals surface area contributed by atoms with Crippen LogP contribution < -0.4 is 4.90 Å². The van der Waals surface area contributed by atoms with E-state index in [1.54, 1.807) is 24.3 Å². The van der Waals surface area contributed by atoms with Crippen LogP contribution in [0.2, 0.25) is 0 Å². The van der Waals surface area contributed by atoms with Crippen molar-refractivity contribution in [2.24, 2.45) is 0 Å². The number of ether oxygens (including phenoxy) is 1. The number of fused-ring (bicyclic) bond motifs is 1. The summed E-state index contributed by atoms with van der Waals surface area (Å²) in [5.41, 5.74) is 2.27. The second kappa shape index (κ2) is 9.96. The predicted molar refractivity (Wildman–Crippen MR) is 117 cm³/mol. The Kier molecular flexibility index (Phi) is 7.34. The summed E-state index contributed by atoms with van der Waals surface area (Å²) in [4.78, 5) is 41.3. The maximum absolute atomic E-state index is 12.9. The zero-order valence-corrected chi connectivity index (χ0v) is 18.0. The Morgan fingerprint density at radius 3 is 2.13 bits per heavy atom. The molecule has 0 spiro atoms. The van der Waals surface area contributed by atoms with Crippen LogP contribution in [0.4, 0.5) is 5.69 Å². The third-order valence-corrected chi connectivity index (χ3v) is 5.36. The van der Waals surface area contributed by atoms with E-state index < -0.39 is 23.8 Å². The number of imide groups is 1. The van der Waals surface area contributed by atoms with Crippen molar-refractivity contribution in [2.75, 3.05) is 36.9 Å². The molecule has 0 aromatic heterocycles. The number of anilines is 1. The van der Waals surface area contributed by atoms with Gasteiger partial charge in [-0.25, -0.2) is 4.79 Å². The Bertz CT molecular complexity index is 909. The number of halogens is 2. The third kappa shape index (κ3) is 4.45. The number of carbonyl (C=O) groups excluding carboxylic acids is 3. The molecule has 2 amide bonds. The minimum Gasteiger partial charge on any atom is -0.467 e. The van der Waals surface area contributed by atoms with Crippen LogP contribution >= 0.6 is 23.2 Å². The Labute approximate surface area is 185 Å². The first-order valence-corrected chi connectivity index (χ1v) is 10.6. The normalized spacial score (nSPS) is 13.9. The van der Waals surface area contributed by atoms with Gasteiger partial charge in [0.05, 0.1) is 18.2 Å². The van der Waals surface area contributed by atoms with Gasteiger partial charge in [-0.3, -0.25) is 14.5 Å². The molecule has 3 rings (SSSR count). The Balaban J connectivity index is 1.90. The maximum Gasteiger partial charge on any atom is 0.329 e. The third-order valence-electron chi connectivity index (χ3n) is 5.02. The van der Waals surface area contributed by atoms with E-state index in [-0.39, 0.29) is 6.42 Å². The average Bonchev–Trinajstić information content (AvgIpc) is 3.02. The van der Waals surface area contributed by atoms with Gasteiger partial charge in [-0.15, -0.1) is 23.2 Å². The molecule has 0 aliphatic carbocycles. The van der Waals surface area contributed by atoms with Gasteiger partial charge in [-0.05, 0) is 29.8 Å². The van der Waals surface area contributed by atoms with E-state index >= 15 is 0 Å². The predicted octanol–water partition coefficient (Wildman–Crippen LogP) is 3.35. The smallest absolute Gasteiger partial charge is 0.329 e. The molecule has 0 N–H and O–H groups in total. The van der Waals surface area contributed by atoms with Gasteiger partial charge in [0.15, 0.2) is 0 Å². The lowest BCUT2D eigenvalue weighted by Crippen LogP contribution is -2.46.